The minimum Gasteiger partial charge on any atom is -0.344 e. The maximum Gasteiger partial charge on any atom is 0.313 e. The number of amides is 3. The first-order valence-electron chi connectivity index (χ1n) is 8.93. The molecule has 1 aliphatic rings. The van der Waals surface area contributed by atoms with Crippen LogP contribution < -0.4 is 10.6 Å². The molecule has 7 nitrogen and oxygen atoms in total. The molecule has 0 radical (unpaired) electrons. The molecular formula is C20H22N4O3. The molecule has 2 aromatic rings. The van der Waals surface area contributed by atoms with Crippen molar-refractivity contribution in [3.8, 4) is 0 Å². The van der Waals surface area contributed by atoms with Crippen LogP contribution >= 0.6 is 0 Å². The molecule has 27 heavy (non-hydrogen) atoms. The van der Waals surface area contributed by atoms with Crippen molar-refractivity contribution in [2.24, 2.45) is 0 Å². The predicted molar refractivity (Wildman–Crippen MR) is 101 cm³/mol. The van der Waals surface area contributed by atoms with Gasteiger partial charge in [-0.15, -0.1) is 0 Å². The molecule has 1 aromatic heterocycles. The molecule has 0 unspecified atom stereocenters. The molecule has 7 heteroatoms. The lowest BCUT2D eigenvalue weighted by atomic mass is 10.1. The Morgan fingerprint density at radius 3 is 2.44 bits per heavy atom. The number of nitrogens with zero attached hydrogens (tertiary/aromatic N) is 2. The molecule has 1 saturated heterocycles. The van der Waals surface area contributed by atoms with Gasteiger partial charge in [-0.1, -0.05) is 12.1 Å². The zero-order valence-electron chi connectivity index (χ0n) is 15.2. The van der Waals surface area contributed by atoms with Crippen LogP contribution in [-0.2, 0) is 16.1 Å². The van der Waals surface area contributed by atoms with E-state index in [1.165, 1.54) is 0 Å². The maximum absolute atomic E-state index is 12.8. The summed E-state index contributed by atoms with van der Waals surface area (Å²) in [5, 5.41) is 5.18. The molecule has 1 aliphatic heterocycles. The van der Waals surface area contributed by atoms with Gasteiger partial charge in [-0.05, 0) is 49.1 Å². The smallest absolute Gasteiger partial charge is 0.313 e. The summed E-state index contributed by atoms with van der Waals surface area (Å²) in [6.45, 7) is 3.45. The number of hydrogen-bond donors (Lipinski definition) is 2. The topological polar surface area (TPSA) is 91.4 Å². The summed E-state index contributed by atoms with van der Waals surface area (Å²) in [6, 6.07) is 8.76. The van der Waals surface area contributed by atoms with Crippen molar-refractivity contribution in [2.75, 3.05) is 18.4 Å². The zero-order valence-corrected chi connectivity index (χ0v) is 15.2. The van der Waals surface area contributed by atoms with Gasteiger partial charge in [0, 0.05) is 32.0 Å². The molecule has 3 amide bonds. The second kappa shape index (κ2) is 8.44. The Hall–Kier alpha value is -3.22. The van der Waals surface area contributed by atoms with E-state index in [2.05, 4.69) is 15.6 Å². The van der Waals surface area contributed by atoms with Gasteiger partial charge in [-0.25, -0.2) is 0 Å². The monoisotopic (exact) mass is 366 g/mol. The highest BCUT2D eigenvalue weighted by molar-refractivity contribution is 6.40. The van der Waals surface area contributed by atoms with Crippen molar-refractivity contribution in [3.63, 3.8) is 0 Å². The van der Waals surface area contributed by atoms with E-state index >= 15 is 0 Å². The Bertz CT molecular complexity index is 846. The van der Waals surface area contributed by atoms with E-state index in [1.807, 2.05) is 0 Å². The number of carbonyl (C=O) groups is 3. The Balaban J connectivity index is 1.69. The quantitative estimate of drug-likeness (QED) is 0.809. The first kappa shape index (κ1) is 18.6. The van der Waals surface area contributed by atoms with Gasteiger partial charge in [0.1, 0.15) is 0 Å². The second-order valence-electron chi connectivity index (χ2n) is 6.49. The van der Waals surface area contributed by atoms with E-state index in [0.29, 0.717) is 24.3 Å². The minimum absolute atomic E-state index is 0.122. The van der Waals surface area contributed by atoms with Crippen molar-refractivity contribution < 1.29 is 14.4 Å². The van der Waals surface area contributed by atoms with Crippen LogP contribution in [0, 0.1) is 6.92 Å². The van der Waals surface area contributed by atoms with Crippen LogP contribution in [0.5, 0.6) is 0 Å². The highest BCUT2D eigenvalue weighted by Gasteiger charge is 2.24. The van der Waals surface area contributed by atoms with E-state index in [1.54, 1.807) is 54.5 Å². The average molecular weight is 366 g/mol. The van der Waals surface area contributed by atoms with E-state index in [9.17, 15) is 14.4 Å². The fourth-order valence-corrected chi connectivity index (χ4v) is 3.04. The number of para-hydroxylation sites is 1. The third-order valence-corrected chi connectivity index (χ3v) is 4.54. The fourth-order valence-electron chi connectivity index (χ4n) is 3.04. The predicted octanol–water partition coefficient (Wildman–Crippen LogP) is 1.88. The molecule has 0 aliphatic carbocycles. The number of aryl methyl sites for hydroxylation is 1. The van der Waals surface area contributed by atoms with Gasteiger partial charge < -0.3 is 15.5 Å². The molecule has 1 aromatic carbocycles. The van der Waals surface area contributed by atoms with Crippen molar-refractivity contribution in [3.05, 3.63) is 59.4 Å². The number of pyridine rings is 1. The lowest BCUT2D eigenvalue weighted by Crippen LogP contribution is -2.36. The third-order valence-electron chi connectivity index (χ3n) is 4.54. The molecule has 2 heterocycles. The van der Waals surface area contributed by atoms with Crippen LogP contribution in [0.15, 0.2) is 42.7 Å². The summed E-state index contributed by atoms with van der Waals surface area (Å²) in [5.74, 6) is -1.67. The number of anilines is 1. The molecular weight excluding hydrogens is 344 g/mol. The van der Waals surface area contributed by atoms with E-state index in [0.717, 1.165) is 24.0 Å². The van der Waals surface area contributed by atoms with Crippen LogP contribution in [0.1, 0.15) is 34.3 Å². The zero-order chi connectivity index (χ0) is 19.2. The van der Waals surface area contributed by atoms with Gasteiger partial charge >= 0.3 is 11.8 Å². The van der Waals surface area contributed by atoms with Gasteiger partial charge in [0.05, 0.1) is 11.3 Å². The molecule has 2 N–H and O–H groups in total. The molecule has 0 atom stereocenters. The van der Waals surface area contributed by atoms with Crippen LogP contribution in [-0.4, -0.2) is 40.7 Å². The first-order valence-corrected chi connectivity index (χ1v) is 8.93. The van der Waals surface area contributed by atoms with Gasteiger partial charge in [-0.2, -0.15) is 0 Å². The first-order chi connectivity index (χ1) is 13.1. The Labute approximate surface area is 157 Å². The standard InChI is InChI=1S/C20H22N4O3/c1-14-5-4-6-16(20(27)24-11-2-3-12-24)17(14)23-19(26)18(25)22-13-15-7-9-21-10-8-15/h4-10H,2-3,11-13H2,1H3,(H,22,25)(H,23,26). The summed E-state index contributed by atoms with van der Waals surface area (Å²) < 4.78 is 0. The van der Waals surface area contributed by atoms with Gasteiger partial charge in [0.25, 0.3) is 5.91 Å². The fraction of sp³-hybridized carbons (Fsp3) is 0.300. The molecule has 0 spiro atoms. The highest BCUT2D eigenvalue weighted by atomic mass is 16.2. The van der Waals surface area contributed by atoms with Crippen molar-refractivity contribution in [2.45, 2.75) is 26.3 Å². The average Bonchev–Trinajstić information content (AvgIpc) is 3.22. The largest absolute Gasteiger partial charge is 0.344 e. The molecule has 0 bridgehead atoms. The van der Waals surface area contributed by atoms with Crippen LogP contribution in [0.25, 0.3) is 0 Å². The van der Waals surface area contributed by atoms with Crippen LogP contribution in [0.4, 0.5) is 5.69 Å². The van der Waals surface area contributed by atoms with E-state index < -0.39 is 11.8 Å². The number of hydrogen-bond acceptors (Lipinski definition) is 4. The number of likely N-dealkylation sites (tertiary alicyclic amines) is 1. The number of aromatic nitrogens is 1. The normalized spacial score (nSPS) is 13.3. The lowest BCUT2D eigenvalue weighted by molar-refractivity contribution is -0.136. The maximum atomic E-state index is 12.8. The molecule has 0 saturated carbocycles. The lowest BCUT2D eigenvalue weighted by Gasteiger charge is -2.19. The SMILES string of the molecule is Cc1cccc(C(=O)N2CCCC2)c1NC(=O)C(=O)NCc1ccncc1. The van der Waals surface area contributed by atoms with E-state index in [4.69, 9.17) is 0 Å². The van der Waals surface area contributed by atoms with E-state index in [-0.39, 0.29) is 12.5 Å². The number of nitrogens with one attached hydrogen (secondary N) is 2. The Kier molecular flexibility index (Phi) is 5.80. The number of carbonyl (C=O) groups excluding carboxylic acids is 3. The van der Waals surface area contributed by atoms with Crippen LogP contribution in [0.2, 0.25) is 0 Å². The van der Waals surface area contributed by atoms with Crippen molar-refractivity contribution in [1.82, 2.24) is 15.2 Å². The Morgan fingerprint density at radius 2 is 1.74 bits per heavy atom. The van der Waals surface area contributed by atoms with Gasteiger partial charge in [-0.3, -0.25) is 19.4 Å². The summed E-state index contributed by atoms with van der Waals surface area (Å²) in [6.07, 6.45) is 5.20. The molecule has 140 valence electrons. The Morgan fingerprint density at radius 1 is 1.04 bits per heavy atom. The van der Waals surface area contributed by atoms with Crippen LogP contribution in [0.3, 0.4) is 0 Å². The summed E-state index contributed by atoms with van der Waals surface area (Å²) in [4.78, 5) is 42.9. The van der Waals surface area contributed by atoms with Gasteiger partial charge in [0.15, 0.2) is 0 Å². The second-order valence-corrected chi connectivity index (χ2v) is 6.49. The summed E-state index contributed by atoms with van der Waals surface area (Å²) in [7, 11) is 0. The minimum atomic E-state index is -0.797. The summed E-state index contributed by atoms with van der Waals surface area (Å²) in [5.41, 5.74) is 2.37. The van der Waals surface area contributed by atoms with Crippen molar-refractivity contribution >= 4 is 23.4 Å². The highest BCUT2D eigenvalue weighted by Crippen LogP contribution is 2.24. The molecule has 1 fully saturated rings. The molecule has 3 rings (SSSR count). The summed E-state index contributed by atoms with van der Waals surface area (Å²) >= 11 is 0. The van der Waals surface area contributed by atoms with Crippen molar-refractivity contribution in [1.29, 1.82) is 0 Å². The van der Waals surface area contributed by atoms with Gasteiger partial charge in [0.2, 0.25) is 0 Å². The number of benzene rings is 1. The third kappa shape index (κ3) is 4.49. The number of rotatable bonds is 4.